The smallest absolute Gasteiger partial charge is 0.177 e. The number of ketones is 1. The summed E-state index contributed by atoms with van der Waals surface area (Å²) in [4.78, 5) is 12.7. The predicted molar refractivity (Wildman–Crippen MR) is 86.2 cm³/mol. The first kappa shape index (κ1) is 15.7. The zero-order valence-electron chi connectivity index (χ0n) is 10.1. The van der Waals surface area contributed by atoms with Crippen LogP contribution < -0.4 is 0 Å². The van der Waals surface area contributed by atoms with Gasteiger partial charge in [0.1, 0.15) is 0 Å². The molecule has 0 aromatic heterocycles. The van der Waals surface area contributed by atoms with Gasteiger partial charge in [-0.05, 0) is 46.3 Å². The van der Waals surface area contributed by atoms with Crippen molar-refractivity contribution in [3.05, 3.63) is 62.5 Å². The van der Waals surface area contributed by atoms with Crippen LogP contribution in [0.2, 0.25) is 10.0 Å². The maximum atomic E-state index is 12.2. The zero-order chi connectivity index (χ0) is 14.7. The fourth-order valence-corrected chi connectivity index (χ4v) is 4.02. The topological polar surface area (TPSA) is 34.1 Å². The van der Waals surface area contributed by atoms with Crippen molar-refractivity contribution in [2.24, 2.45) is 0 Å². The maximum Gasteiger partial charge on any atom is 0.177 e. The van der Waals surface area contributed by atoms with Crippen molar-refractivity contribution in [2.75, 3.05) is 5.75 Å². The average Bonchev–Trinajstić information content (AvgIpc) is 2.38. The third-order valence-corrected chi connectivity index (χ3v) is 5.45. The molecule has 2 rings (SSSR count). The highest BCUT2D eigenvalue weighted by Crippen LogP contribution is 2.24. The molecule has 2 aromatic rings. The highest BCUT2D eigenvalue weighted by Gasteiger charge is 2.16. The molecule has 1 unspecified atom stereocenters. The number of carbonyl (C=O) groups is 1. The molecule has 0 fully saturated rings. The van der Waals surface area contributed by atoms with Gasteiger partial charge in [0, 0.05) is 15.1 Å². The highest BCUT2D eigenvalue weighted by atomic mass is 79.9. The predicted octanol–water partition coefficient (Wildman–Crippen LogP) is 4.75. The van der Waals surface area contributed by atoms with Gasteiger partial charge in [-0.1, -0.05) is 35.3 Å². The average molecular weight is 392 g/mol. The molecule has 2 aromatic carbocycles. The molecule has 0 N–H and O–H groups in total. The Bertz CT molecular complexity index is 689. The quantitative estimate of drug-likeness (QED) is 0.705. The number of hydrogen-bond donors (Lipinski definition) is 0. The molecule has 0 saturated heterocycles. The fraction of sp³-hybridized carbons (Fsp3) is 0.0714. The Hall–Kier alpha value is -0.680. The molecular weight excluding hydrogens is 383 g/mol. The summed E-state index contributed by atoms with van der Waals surface area (Å²) in [5.41, 5.74) is 0.330. The number of hydrogen-bond acceptors (Lipinski definition) is 2. The van der Waals surface area contributed by atoms with E-state index < -0.39 is 10.8 Å². The number of rotatable bonds is 4. The second-order valence-corrected chi connectivity index (χ2v) is 7.09. The van der Waals surface area contributed by atoms with Gasteiger partial charge in [-0.15, -0.1) is 0 Å². The van der Waals surface area contributed by atoms with Gasteiger partial charge in [0.15, 0.2) is 5.78 Å². The van der Waals surface area contributed by atoms with Gasteiger partial charge in [0.05, 0.1) is 26.5 Å². The van der Waals surface area contributed by atoms with Gasteiger partial charge in [-0.3, -0.25) is 9.00 Å². The lowest BCUT2D eigenvalue weighted by Crippen LogP contribution is -2.12. The number of Topliss-reactive ketones (excluding diaryl/α,β-unsaturated/α-hetero) is 1. The molecule has 0 radical (unpaired) electrons. The minimum Gasteiger partial charge on any atom is -0.293 e. The highest BCUT2D eigenvalue weighted by molar-refractivity contribution is 9.10. The molecule has 0 heterocycles. The van der Waals surface area contributed by atoms with Crippen LogP contribution in [0.3, 0.4) is 0 Å². The van der Waals surface area contributed by atoms with E-state index in [1.807, 2.05) is 6.07 Å². The summed E-state index contributed by atoms with van der Waals surface area (Å²) in [6, 6.07) is 11.7. The normalized spacial score (nSPS) is 12.2. The third-order valence-electron chi connectivity index (χ3n) is 2.58. The van der Waals surface area contributed by atoms with Gasteiger partial charge in [0.2, 0.25) is 0 Å². The molecule has 2 nitrogen and oxygen atoms in total. The van der Waals surface area contributed by atoms with E-state index in [4.69, 9.17) is 23.2 Å². The summed E-state index contributed by atoms with van der Waals surface area (Å²) >= 11 is 15.1. The van der Waals surface area contributed by atoms with Gasteiger partial charge in [-0.25, -0.2) is 0 Å². The van der Waals surface area contributed by atoms with Crippen LogP contribution in [0.25, 0.3) is 0 Å². The molecule has 0 spiro atoms. The van der Waals surface area contributed by atoms with Crippen LogP contribution in [-0.2, 0) is 10.8 Å². The second kappa shape index (κ2) is 6.85. The van der Waals surface area contributed by atoms with Crippen LogP contribution in [0.1, 0.15) is 10.4 Å². The second-order valence-electron chi connectivity index (χ2n) is 3.97. The molecule has 104 valence electrons. The lowest BCUT2D eigenvalue weighted by Gasteiger charge is -2.06. The molecule has 0 aliphatic rings. The van der Waals surface area contributed by atoms with E-state index in [1.54, 1.807) is 30.3 Å². The van der Waals surface area contributed by atoms with Crippen molar-refractivity contribution in [1.29, 1.82) is 0 Å². The summed E-state index contributed by atoms with van der Waals surface area (Å²) in [6.45, 7) is 0. The minimum absolute atomic E-state index is 0.121. The van der Waals surface area contributed by atoms with Crippen LogP contribution in [0.15, 0.2) is 51.8 Å². The Morgan fingerprint density at radius 3 is 2.50 bits per heavy atom. The van der Waals surface area contributed by atoms with Crippen LogP contribution in [0.5, 0.6) is 0 Å². The van der Waals surface area contributed by atoms with Gasteiger partial charge >= 0.3 is 0 Å². The standard InChI is InChI=1S/C14H9BrCl2O2S/c15-11-3-1-2-4-14(11)20(19)8-13(18)10-6-5-9(16)7-12(10)17/h1-7H,8H2. The minimum atomic E-state index is -1.43. The first-order valence-electron chi connectivity index (χ1n) is 5.60. The van der Waals surface area contributed by atoms with Crippen molar-refractivity contribution in [3.8, 4) is 0 Å². The van der Waals surface area contributed by atoms with E-state index in [0.717, 1.165) is 0 Å². The Morgan fingerprint density at radius 2 is 1.85 bits per heavy atom. The molecule has 20 heavy (non-hydrogen) atoms. The van der Waals surface area contributed by atoms with Crippen molar-refractivity contribution < 1.29 is 9.00 Å². The van der Waals surface area contributed by atoms with Crippen molar-refractivity contribution in [3.63, 3.8) is 0 Å². The zero-order valence-corrected chi connectivity index (χ0v) is 14.0. The maximum absolute atomic E-state index is 12.2. The molecule has 0 saturated carbocycles. The lowest BCUT2D eigenvalue weighted by molar-refractivity contribution is 0.102. The number of benzene rings is 2. The fourth-order valence-electron chi connectivity index (χ4n) is 1.62. The van der Waals surface area contributed by atoms with Gasteiger partial charge < -0.3 is 0 Å². The molecule has 0 aliphatic heterocycles. The van der Waals surface area contributed by atoms with Crippen molar-refractivity contribution in [1.82, 2.24) is 0 Å². The SMILES string of the molecule is O=C(CS(=O)c1ccccc1Br)c1ccc(Cl)cc1Cl. The van der Waals surface area contributed by atoms with Gasteiger partial charge in [-0.2, -0.15) is 0 Å². The first-order chi connectivity index (χ1) is 9.49. The van der Waals surface area contributed by atoms with Gasteiger partial charge in [0.25, 0.3) is 0 Å². The van der Waals surface area contributed by atoms with Crippen LogP contribution in [0, 0.1) is 0 Å². The monoisotopic (exact) mass is 390 g/mol. The molecule has 0 amide bonds. The molecule has 0 aliphatic carbocycles. The summed E-state index contributed by atoms with van der Waals surface area (Å²) in [7, 11) is -1.43. The first-order valence-corrected chi connectivity index (χ1v) is 8.47. The Balaban J connectivity index is 2.20. The van der Waals surface area contributed by atoms with E-state index in [0.29, 0.717) is 20.0 Å². The molecular formula is C14H9BrCl2O2S. The molecule has 0 bridgehead atoms. The molecule has 1 atom stereocenters. The Morgan fingerprint density at radius 1 is 1.15 bits per heavy atom. The van der Waals surface area contributed by atoms with Crippen LogP contribution >= 0.6 is 39.1 Å². The number of carbonyl (C=O) groups excluding carboxylic acids is 1. The van der Waals surface area contributed by atoms with E-state index >= 15 is 0 Å². The largest absolute Gasteiger partial charge is 0.293 e. The Labute approximate surface area is 137 Å². The summed E-state index contributed by atoms with van der Waals surface area (Å²) in [5.74, 6) is -0.398. The van der Waals surface area contributed by atoms with E-state index in [2.05, 4.69) is 15.9 Å². The van der Waals surface area contributed by atoms with Crippen LogP contribution in [0.4, 0.5) is 0 Å². The third kappa shape index (κ3) is 3.70. The van der Waals surface area contributed by atoms with Crippen molar-refractivity contribution >= 4 is 55.7 Å². The lowest BCUT2D eigenvalue weighted by atomic mass is 10.1. The van der Waals surface area contributed by atoms with Crippen LogP contribution in [-0.4, -0.2) is 15.7 Å². The van der Waals surface area contributed by atoms with E-state index in [1.165, 1.54) is 6.07 Å². The summed E-state index contributed by atoms with van der Waals surface area (Å²) in [5, 5.41) is 0.727. The summed E-state index contributed by atoms with van der Waals surface area (Å²) in [6.07, 6.45) is 0. The van der Waals surface area contributed by atoms with Crippen molar-refractivity contribution in [2.45, 2.75) is 4.90 Å². The molecule has 6 heteroatoms. The Kier molecular flexibility index (Phi) is 5.38. The van der Waals surface area contributed by atoms with E-state index in [-0.39, 0.29) is 16.6 Å². The number of halogens is 3. The van der Waals surface area contributed by atoms with E-state index in [9.17, 15) is 9.00 Å². The summed E-state index contributed by atoms with van der Waals surface area (Å²) < 4.78 is 12.9.